The first-order valence-electron chi connectivity index (χ1n) is 6.21. The highest BCUT2D eigenvalue weighted by Crippen LogP contribution is 2.39. The maximum Gasteiger partial charge on any atom is 0.222 e. The Balaban J connectivity index is 2.20. The third kappa shape index (κ3) is 3.07. The molecule has 1 N–H and O–H groups in total. The standard InChI is InChI=1S/C14H15FN2O2S/c1-7-13(20-14(16-7)17-9(3)19)10-4-5-11(8(2)18)12(15)6-10/h4-7,13H,1-3H3,(H,16,17,19). The molecule has 0 fully saturated rings. The van der Waals surface area contributed by atoms with Crippen LogP contribution in [0.15, 0.2) is 23.2 Å². The number of carbonyl (C=O) groups excluding carboxylic acids is 2. The van der Waals surface area contributed by atoms with Crippen LogP contribution in [0.4, 0.5) is 4.39 Å². The molecule has 20 heavy (non-hydrogen) atoms. The molecule has 1 aliphatic rings. The highest BCUT2D eigenvalue weighted by Gasteiger charge is 2.29. The van der Waals surface area contributed by atoms with E-state index in [9.17, 15) is 14.0 Å². The number of ketones is 1. The summed E-state index contributed by atoms with van der Waals surface area (Å²) >= 11 is 1.39. The number of carbonyl (C=O) groups is 2. The number of amides is 1. The molecular weight excluding hydrogens is 279 g/mol. The van der Waals surface area contributed by atoms with Gasteiger partial charge in [0.1, 0.15) is 5.82 Å². The second-order valence-electron chi connectivity index (χ2n) is 4.69. The monoisotopic (exact) mass is 294 g/mol. The highest BCUT2D eigenvalue weighted by molar-refractivity contribution is 8.14. The van der Waals surface area contributed by atoms with E-state index in [1.165, 1.54) is 37.7 Å². The summed E-state index contributed by atoms with van der Waals surface area (Å²) in [5, 5.41) is 3.13. The zero-order valence-electron chi connectivity index (χ0n) is 11.4. The number of aliphatic imine (C=N–C) groups is 1. The van der Waals surface area contributed by atoms with Crippen LogP contribution in [0.1, 0.15) is 41.9 Å². The Morgan fingerprint density at radius 1 is 1.35 bits per heavy atom. The van der Waals surface area contributed by atoms with Gasteiger partial charge in [-0.1, -0.05) is 17.8 Å². The van der Waals surface area contributed by atoms with E-state index >= 15 is 0 Å². The molecule has 1 aromatic carbocycles. The zero-order valence-corrected chi connectivity index (χ0v) is 12.3. The van der Waals surface area contributed by atoms with Crippen molar-refractivity contribution in [3.63, 3.8) is 0 Å². The van der Waals surface area contributed by atoms with Crippen LogP contribution in [0.25, 0.3) is 0 Å². The molecule has 4 nitrogen and oxygen atoms in total. The second kappa shape index (κ2) is 5.75. The molecule has 0 spiro atoms. The van der Waals surface area contributed by atoms with Gasteiger partial charge in [-0.2, -0.15) is 0 Å². The Bertz CT molecular complexity index is 601. The second-order valence-corrected chi connectivity index (χ2v) is 5.82. The lowest BCUT2D eigenvalue weighted by molar-refractivity contribution is -0.117. The Morgan fingerprint density at radius 2 is 2.05 bits per heavy atom. The number of halogens is 1. The van der Waals surface area contributed by atoms with Crippen molar-refractivity contribution in [1.82, 2.24) is 5.32 Å². The molecule has 0 aliphatic carbocycles. The third-order valence-corrected chi connectivity index (χ3v) is 4.33. The molecule has 2 atom stereocenters. The minimum Gasteiger partial charge on any atom is -0.306 e. The van der Waals surface area contributed by atoms with Crippen LogP contribution in [0.2, 0.25) is 0 Å². The molecule has 1 amide bonds. The quantitative estimate of drug-likeness (QED) is 0.853. The van der Waals surface area contributed by atoms with Crippen molar-refractivity contribution < 1.29 is 14.0 Å². The van der Waals surface area contributed by atoms with Crippen molar-refractivity contribution in [3.8, 4) is 0 Å². The number of nitrogens with zero attached hydrogens (tertiary/aromatic N) is 1. The lowest BCUT2D eigenvalue weighted by Crippen LogP contribution is -2.24. The Hall–Kier alpha value is -1.69. The fourth-order valence-corrected chi connectivity index (χ4v) is 3.27. The first-order valence-corrected chi connectivity index (χ1v) is 7.09. The predicted molar refractivity (Wildman–Crippen MR) is 77.5 cm³/mol. The van der Waals surface area contributed by atoms with Crippen molar-refractivity contribution >= 4 is 28.6 Å². The Labute approximate surface area is 120 Å². The van der Waals surface area contributed by atoms with E-state index in [0.29, 0.717) is 5.17 Å². The lowest BCUT2D eigenvalue weighted by Gasteiger charge is -2.14. The SMILES string of the molecule is CC(=O)NC1=NC(C)C(c2ccc(C(C)=O)c(F)c2)S1. The van der Waals surface area contributed by atoms with Gasteiger partial charge in [0.25, 0.3) is 0 Å². The van der Waals surface area contributed by atoms with Gasteiger partial charge in [0.05, 0.1) is 16.9 Å². The smallest absolute Gasteiger partial charge is 0.222 e. The van der Waals surface area contributed by atoms with Gasteiger partial charge in [-0.25, -0.2) is 4.39 Å². The largest absolute Gasteiger partial charge is 0.306 e. The van der Waals surface area contributed by atoms with Crippen molar-refractivity contribution in [1.29, 1.82) is 0 Å². The van der Waals surface area contributed by atoms with Gasteiger partial charge in [0, 0.05) is 6.92 Å². The van der Waals surface area contributed by atoms with Crippen molar-refractivity contribution in [2.45, 2.75) is 32.1 Å². The summed E-state index contributed by atoms with van der Waals surface area (Å²) in [7, 11) is 0. The molecule has 0 bridgehead atoms. The number of hydrogen-bond acceptors (Lipinski definition) is 4. The average Bonchev–Trinajstić information content (AvgIpc) is 2.68. The molecule has 0 radical (unpaired) electrons. The molecule has 2 unspecified atom stereocenters. The molecule has 0 saturated carbocycles. The number of Topliss-reactive ketones (excluding diaryl/α,β-unsaturated/α-hetero) is 1. The summed E-state index contributed by atoms with van der Waals surface area (Å²) in [5.41, 5.74) is 0.849. The highest BCUT2D eigenvalue weighted by atomic mass is 32.2. The van der Waals surface area contributed by atoms with E-state index in [4.69, 9.17) is 0 Å². The van der Waals surface area contributed by atoms with Crippen LogP contribution in [-0.4, -0.2) is 22.9 Å². The number of hydrogen-bond donors (Lipinski definition) is 1. The molecule has 1 aliphatic heterocycles. The number of amidine groups is 1. The summed E-state index contributed by atoms with van der Waals surface area (Å²) in [6, 6.07) is 4.54. The maximum atomic E-state index is 13.9. The minimum absolute atomic E-state index is 0.0626. The van der Waals surface area contributed by atoms with Gasteiger partial charge in [-0.15, -0.1) is 0 Å². The van der Waals surface area contributed by atoms with Crippen LogP contribution >= 0.6 is 11.8 Å². The van der Waals surface area contributed by atoms with Crippen molar-refractivity contribution in [3.05, 3.63) is 35.1 Å². The average molecular weight is 294 g/mol. The Morgan fingerprint density at radius 3 is 2.60 bits per heavy atom. The number of nitrogens with one attached hydrogen (secondary N) is 1. The summed E-state index contributed by atoms with van der Waals surface area (Å²) < 4.78 is 13.9. The Kier molecular flexibility index (Phi) is 4.23. The number of rotatable bonds is 2. The van der Waals surface area contributed by atoms with Crippen LogP contribution in [0, 0.1) is 5.82 Å². The van der Waals surface area contributed by atoms with Gasteiger partial charge in [0.2, 0.25) is 5.91 Å². The topological polar surface area (TPSA) is 58.5 Å². The molecule has 106 valence electrons. The lowest BCUT2D eigenvalue weighted by atomic mass is 10.0. The molecule has 1 aromatic rings. The van der Waals surface area contributed by atoms with Gasteiger partial charge in [-0.05, 0) is 31.5 Å². The summed E-state index contributed by atoms with van der Waals surface area (Å²) in [4.78, 5) is 26.6. The first-order chi connectivity index (χ1) is 9.38. The van der Waals surface area contributed by atoms with Crippen LogP contribution in [-0.2, 0) is 4.79 Å². The van der Waals surface area contributed by atoms with Gasteiger partial charge in [-0.3, -0.25) is 14.6 Å². The summed E-state index contributed by atoms with van der Waals surface area (Å²) in [6.07, 6.45) is 0. The molecule has 1 heterocycles. The molecule has 6 heteroatoms. The van der Waals surface area contributed by atoms with Crippen LogP contribution in [0.3, 0.4) is 0 Å². The van der Waals surface area contributed by atoms with Crippen molar-refractivity contribution in [2.75, 3.05) is 0 Å². The van der Waals surface area contributed by atoms with E-state index in [1.54, 1.807) is 6.07 Å². The normalized spacial score (nSPS) is 21.5. The van der Waals surface area contributed by atoms with Crippen LogP contribution in [0.5, 0.6) is 0 Å². The summed E-state index contributed by atoms with van der Waals surface area (Å²) in [5.74, 6) is -0.991. The van der Waals surface area contributed by atoms with E-state index in [1.807, 2.05) is 6.92 Å². The number of benzene rings is 1. The summed E-state index contributed by atoms with van der Waals surface area (Å²) in [6.45, 7) is 4.66. The van der Waals surface area contributed by atoms with Gasteiger partial charge < -0.3 is 5.32 Å². The van der Waals surface area contributed by atoms with E-state index < -0.39 is 5.82 Å². The van der Waals surface area contributed by atoms with E-state index in [0.717, 1.165) is 5.56 Å². The molecular formula is C14H15FN2O2S. The van der Waals surface area contributed by atoms with E-state index in [-0.39, 0.29) is 28.5 Å². The number of thioether (sulfide) groups is 1. The van der Waals surface area contributed by atoms with Gasteiger partial charge >= 0.3 is 0 Å². The molecule has 2 rings (SSSR count). The van der Waals surface area contributed by atoms with Crippen molar-refractivity contribution in [2.24, 2.45) is 4.99 Å². The fourth-order valence-electron chi connectivity index (χ4n) is 2.05. The third-order valence-electron chi connectivity index (χ3n) is 2.98. The van der Waals surface area contributed by atoms with E-state index in [2.05, 4.69) is 10.3 Å². The van der Waals surface area contributed by atoms with Crippen LogP contribution < -0.4 is 5.32 Å². The fraction of sp³-hybridized carbons (Fsp3) is 0.357. The minimum atomic E-state index is -0.518. The zero-order chi connectivity index (χ0) is 14.9. The molecule has 0 saturated heterocycles. The first kappa shape index (κ1) is 14.7. The molecule has 0 aromatic heterocycles. The predicted octanol–water partition coefficient (Wildman–Crippen LogP) is 2.70. The van der Waals surface area contributed by atoms with Gasteiger partial charge in [0.15, 0.2) is 11.0 Å². The maximum absolute atomic E-state index is 13.9.